The number of aromatic nitrogens is 4. The summed E-state index contributed by atoms with van der Waals surface area (Å²) in [6.45, 7) is 6.40. The van der Waals surface area contributed by atoms with Crippen LogP contribution in [0.5, 0.6) is 0 Å². The SMILES string of the molecule is Cc1nn(C)c(N2CCOCC2)c1C1NCCc2[nH]cnc21. The Labute approximate surface area is 129 Å². The number of rotatable bonds is 2. The van der Waals surface area contributed by atoms with Crippen molar-refractivity contribution in [2.24, 2.45) is 7.05 Å². The van der Waals surface area contributed by atoms with Crippen LogP contribution in [0.25, 0.3) is 0 Å². The molecule has 2 aromatic heterocycles. The molecule has 1 atom stereocenters. The number of aryl methyl sites for hydroxylation is 2. The third kappa shape index (κ3) is 2.12. The summed E-state index contributed by atoms with van der Waals surface area (Å²) in [6, 6.07) is 0.113. The number of nitrogens with one attached hydrogen (secondary N) is 2. The number of hydrogen-bond donors (Lipinski definition) is 2. The molecule has 4 heterocycles. The molecule has 7 heteroatoms. The topological polar surface area (TPSA) is 71.0 Å². The number of hydrogen-bond acceptors (Lipinski definition) is 5. The maximum Gasteiger partial charge on any atom is 0.132 e. The molecule has 2 aliphatic rings. The van der Waals surface area contributed by atoms with E-state index >= 15 is 0 Å². The van der Waals surface area contributed by atoms with Gasteiger partial charge in [-0.15, -0.1) is 0 Å². The second-order valence-corrected chi connectivity index (χ2v) is 5.95. The third-order valence-electron chi connectivity index (χ3n) is 4.59. The summed E-state index contributed by atoms with van der Waals surface area (Å²) in [4.78, 5) is 10.2. The van der Waals surface area contributed by atoms with E-state index in [1.165, 1.54) is 17.1 Å². The molecular weight excluding hydrogens is 280 g/mol. The highest BCUT2D eigenvalue weighted by molar-refractivity contribution is 5.55. The number of morpholine rings is 1. The van der Waals surface area contributed by atoms with E-state index in [2.05, 4.69) is 32.2 Å². The molecule has 22 heavy (non-hydrogen) atoms. The Morgan fingerprint density at radius 2 is 2.14 bits per heavy atom. The molecule has 0 aromatic carbocycles. The van der Waals surface area contributed by atoms with Gasteiger partial charge in [0.25, 0.3) is 0 Å². The van der Waals surface area contributed by atoms with Gasteiger partial charge in [-0.25, -0.2) is 4.98 Å². The van der Waals surface area contributed by atoms with Gasteiger partial charge >= 0.3 is 0 Å². The smallest absolute Gasteiger partial charge is 0.132 e. The molecule has 0 amide bonds. The van der Waals surface area contributed by atoms with Gasteiger partial charge in [0, 0.05) is 44.4 Å². The first kappa shape index (κ1) is 13.8. The molecule has 0 radical (unpaired) electrons. The molecule has 1 fully saturated rings. The molecule has 1 saturated heterocycles. The Bertz CT molecular complexity index is 670. The normalized spacial score (nSPS) is 21.9. The van der Waals surface area contributed by atoms with E-state index in [1.807, 2.05) is 11.7 Å². The standard InChI is InChI=1S/C15H22N6O/c1-10-12(14-13-11(3-4-16-14)17-9-18-13)15(20(2)19-10)21-5-7-22-8-6-21/h9,14,16H,3-8H2,1-2H3,(H,17,18). The van der Waals surface area contributed by atoms with Crippen LogP contribution in [-0.4, -0.2) is 52.6 Å². The predicted molar refractivity (Wildman–Crippen MR) is 83.1 cm³/mol. The van der Waals surface area contributed by atoms with Crippen LogP contribution in [0.3, 0.4) is 0 Å². The predicted octanol–water partition coefficient (Wildman–Crippen LogP) is 0.523. The van der Waals surface area contributed by atoms with E-state index < -0.39 is 0 Å². The zero-order valence-electron chi connectivity index (χ0n) is 13.1. The van der Waals surface area contributed by atoms with Crippen LogP contribution in [0.15, 0.2) is 6.33 Å². The van der Waals surface area contributed by atoms with E-state index in [1.54, 1.807) is 6.33 Å². The van der Waals surface area contributed by atoms with Crippen LogP contribution in [0, 0.1) is 6.92 Å². The maximum atomic E-state index is 5.49. The van der Waals surface area contributed by atoms with Gasteiger partial charge in [0.05, 0.1) is 37.0 Å². The Kier molecular flexibility index (Phi) is 3.38. The van der Waals surface area contributed by atoms with Gasteiger partial charge in [-0.05, 0) is 6.92 Å². The van der Waals surface area contributed by atoms with Crippen molar-refractivity contribution >= 4 is 5.82 Å². The van der Waals surface area contributed by atoms with Crippen molar-refractivity contribution in [2.75, 3.05) is 37.7 Å². The number of anilines is 1. The number of aromatic amines is 1. The van der Waals surface area contributed by atoms with Crippen LogP contribution in [0.4, 0.5) is 5.82 Å². The zero-order chi connectivity index (χ0) is 15.1. The van der Waals surface area contributed by atoms with Gasteiger partial charge in [0.1, 0.15) is 5.82 Å². The molecule has 0 spiro atoms. The molecule has 0 bridgehead atoms. The summed E-state index contributed by atoms with van der Waals surface area (Å²) in [5, 5.41) is 8.29. The molecule has 2 N–H and O–H groups in total. The first-order chi connectivity index (χ1) is 10.8. The fourth-order valence-electron chi connectivity index (χ4n) is 3.61. The fraction of sp³-hybridized carbons (Fsp3) is 0.600. The van der Waals surface area contributed by atoms with Gasteiger partial charge in [-0.1, -0.05) is 0 Å². The minimum absolute atomic E-state index is 0.113. The second-order valence-electron chi connectivity index (χ2n) is 5.95. The average Bonchev–Trinajstić information content (AvgIpc) is 3.12. The summed E-state index contributed by atoms with van der Waals surface area (Å²) in [5.74, 6) is 1.19. The zero-order valence-corrected chi connectivity index (χ0v) is 13.1. The van der Waals surface area contributed by atoms with Crippen LogP contribution in [0.1, 0.15) is 28.7 Å². The molecule has 0 aliphatic carbocycles. The summed E-state index contributed by atoms with van der Waals surface area (Å²) in [5.41, 5.74) is 4.66. The fourth-order valence-corrected chi connectivity index (χ4v) is 3.61. The Balaban J connectivity index is 1.79. The Hall–Kier alpha value is -1.86. The molecule has 118 valence electrons. The number of fused-ring (bicyclic) bond motifs is 1. The van der Waals surface area contributed by atoms with E-state index in [-0.39, 0.29) is 6.04 Å². The Morgan fingerprint density at radius 1 is 1.32 bits per heavy atom. The van der Waals surface area contributed by atoms with Crippen molar-refractivity contribution in [3.63, 3.8) is 0 Å². The minimum Gasteiger partial charge on any atom is -0.378 e. The lowest BCUT2D eigenvalue weighted by Gasteiger charge is -2.32. The molecule has 2 aromatic rings. The monoisotopic (exact) mass is 302 g/mol. The van der Waals surface area contributed by atoms with Crippen LogP contribution in [0.2, 0.25) is 0 Å². The first-order valence-electron chi connectivity index (χ1n) is 7.87. The average molecular weight is 302 g/mol. The van der Waals surface area contributed by atoms with Gasteiger partial charge < -0.3 is 19.9 Å². The highest BCUT2D eigenvalue weighted by Gasteiger charge is 2.32. The third-order valence-corrected chi connectivity index (χ3v) is 4.59. The summed E-state index contributed by atoms with van der Waals surface area (Å²) in [6.07, 6.45) is 2.79. The van der Waals surface area contributed by atoms with Crippen LogP contribution in [-0.2, 0) is 18.2 Å². The number of H-pyrrole nitrogens is 1. The van der Waals surface area contributed by atoms with Gasteiger partial charge in [0.2, 0.25) is 0 Å². The maximum absolute atomic E-state index is 5.49. The largest absolute Gasteiger partial charge is 0.378 e. The number of ether oxygens (including phenoxy) is 1. The van der Waals surface area contributed by atoms with E-state index in [9.17, 15) is 0 Å². The molecule has 0 saturated carbocycles. The van der Waals surface area contributed by atoms with E-state index in [4.69, 9.17) is 4.74 Å². The number of nitrogens with zero attached hydrogens (tertiary/aromatic N) is 4. The van der Waals surface area contributed by atoms with Gasteiger partial charge in [-0.3, -0.25) is 4.68 Å². The molecule has 2 aliphatic heterocycles. The van der Waals surface area contributed by atoms with Crippen molar-refractivity contribution in [1.82, 2.24) is 25.1 Å². The quantitative estimate of drug-likeness (QED) is 0.846. The summed E-state index contributed by atoms with van der Waals surface area (Å²) in [7, 11) is 2.02. The summed E-state index contributed by atoms with van der Waals surface area (Å²) < 4.78 is 7.49. The lowest BCUT2D eigenvalue weighted by atomic mass is 9.97. The van der Waals surface area contributed by atoms with Crippen molar-refractivity contribution in [3.05, 3.63) is 29.0 Å². The second kappa shape index (κ2) is 5.40. The van der Waals surface area contributed by atoms with Crippen LogP contribution >= 0.6 is 0 Å². The van der Waals surface area contributed by atoms with Gasteiger partial charge in [-0.2, -0.15) is 5.10 Å². The van der Waals surface area contributed by atoms with Gasteiger partial charge in [0.15, 0.2) is 0 Å². The van der Waals surface area contributed by atoms with Crippen molar-refractivity contribution in [3.8, 4) is 0 Å². The Morgan fingerprint density at radius 3 is 2.95 bits per heavy atom. The molecular formula is C15H22N6O. The highest BCUT2D eigenvalue weighted by Crippen LogP contribution is 2.35. The van der Waals surface area contributed by atoms with E-state index in [0.717, 1.165) is 50.7 Å². The first-order valence-corrected chi connectivity index (χ1v) is 7.87. The number of imidazole rings is 1. The lowest BCUT2D eigenvalue weighted by molar-refractivity contribution is 0.122. The van der Waals surface area contributed by atoms with Crippen LogP contribution < -0.4 is 10.2 Å². The molecule has 1 unspecified atom stereocenters. The lowest BCUT2D eigenvalue weighted by Crippen LogP contribution is -2.39. The molecule has 4 rings (SSSR count). The highest BCUT2D eigenvalue weighted by atomic mass is 16.5. The van der Waals surface area contributed by atoms with Crippen molar-refractivity contribution in [1.29, 1.82) is 0 Å². The van der Waals surface area contributed by atoms with Crippen molar-refractivity contribution in [2.45, 2.75) is 19.4 Å². The molecule has 7 nitrogen and oxygen atoms in total. The minimum atomic E-state index is 0.113. The van der Waals surface area contributed by atoms with Crippen molar-refractivity contribution < 1.29 is 4.74 Å². The van der Waals surface area contributed by atoms with E-state index in [0.29, 0.717) is 0 Å². The summed E-state index contributed by atoms with van der Waals surface area (Å²) >= 11 is 0.